The molecule has 7 nitrogen and oxygen atoms in total. The van der Waals surface area contributed by atoms with Crippen LogP contribution < -0.4 is 5.32 Å². The average molecular weight is 377 g/mol. The molecule has 1 N–H and O–H groups in total. The van der Waals surface area contributed by atoms with Gasteiger partial charge in [-0.15, -0.1) is 0 Å². The van der Waals surface area contributed by atoms with E-state index in [1.165, 1.54) is 4.90 Å². The van der Waals surface area contributed by atoms with Gasteiger partial charge in [0, 0.05) is 37.2 Å². The van der Waals surface area contributed by atoms with Crippen molar-refractivity contribution in [2.45, 2.75) is 26.4 Å². The van der Waals surface area contributed by atoms with Crippen LogP contribution in [0.4, 0.5) is 9.59 Å². The van der Waals surface area contributed by atoms with Gasteiger partial charge in [-0.3, -0.25) is 0 Å². The predicted octanol–water partition coefficient (Wildman–Crippen LogP) is 2.09. The Balaban J connectivity index is 2.43. The van der Waals surface area contributed by atoms with E-state index < -0.39 is 27.8 Å². The number of alkyl carbamates (subject to hydrolysis) is 1. The maximum absolute atomic E-state index is 12.1. The Bertz CT molecular complexity index is 484. The van der Waals surface area contributed by atoms with E-state index in [4.69, 9.17) is 9.47 Å². The second-order valence-corrected chi connectivity index (χ2v) is 12.8. The zero-order valence-electron chi connectivity index (χ0n) is 16.2. The van der Waals surface area contributed by atoms with E-state index in [-0.39, 0.29) is 11.8 Å². The van der Waals surface area contributed by atoms with Crippen LogP contribution in [0.15, 0.2) is 0 Å². The maximum atomic E-state index is 12.1. The van der Waals surface area contributed by atoms with Crippen molar-refractivity contribution in [3.63, 3.8) is 0 Å². The molecule has 25 heavy (non-hydrogen) atoms. The van der Waals surface area contributed by atoms with E-state index in [0.717, 1.165) is 12.0 Å². The molecule has 0 saturated carbocycles. The minimum absolute atomic E-state index is 0.134. The Morgan fingerprint density at radius 1 is 1.24 bits per heavy atom. The molecule has 1 fully saturated rings. The van der Waals surface area contributed by atoms with Gasteiger partial charge in [-0.1, -0.05) is 0 Å². The number of rotatable bonds is 6. The van der Waals surface area contributed by atoms with Gasteiger partial charge >= 0.3 is 12.2 Å². The number of amides is 2. The van der Waals surface area contributed by atoms with Crippen molar-refractivity contribution < 1.29 is 23.9 Å². The molecule has 0 spiro atoms. The van der Waals surface area contributed by atoms with Crippen LogP contribution in [0, 0.1) is 11.8 Å². The van der Waals surface area contributed by atoms with Crippen molar-refractivity contribution in [3.8, 4) is 0 Å². The third-order valence-corrected chi connectivity index (χ3v) is 5.15. The molecule has 0 aliphatic carbocycles. The Kier molecular flexibility index (Phi) is 7.59. The van der Waals surface area contributed by atoms with Crippen LogP contribution in [-0.2, 0) is 14.3 Å². The largest absolute Gasteiger partial charge is 0.449 e. The summed E-state index contributed by atoms with van der Waals surface area (Å²) in [5.74, 6) is 0.408. The van der Waals surface area contributed by atoms with E-state index in [9.17, 15) is 14.4 Å². The van der Waals surface area contributed by atoms with E-state index in [2.05, 4.69) is 24.1 Å². The summed E-state index contributed by atoms with van der Waals surface area (Å²) in [5.41, 5.74) is -0.580. The molecule has 1 aliphatic heterocycles. The van der Waals surface area contributed by atoms with Gasteiger partial charge in [-0.2, -0.15) is 0 Å². The molecule has 0 bridgehead atoms. The zero-order chi connectivity index (χ0) is 19.3. The highest BCUT2D eigenvalue weighted by Crippen LogP contribution is 2.33. The Hall–Kier alpha value is -1.44. The molecule has 1 rings (SSSR count). The van der Waals surface area contributed by atoms with Crippen LogP contribution in [0.25, 0.3) is 0 Å². The van der Waals surface area contributed by atoms with E-state index >= 15 is 0 Å². The van der Waals surface area contributed by atoms with Crippen LogP contribution >= 0.6 is 10.0 Å². The normalized spacial score (nSPS) is 21.6. The molecule has 2 unspecified atom stereocenters. The van der Waals surface area contributed by atoms with Gasteiger partial charge in [0.2, 0.25) is 0 Å². The lowest BCUT2D eigenvalue weighted by Gasteiger charge is -2.24. The maximum Gasteiger partial charge on any atom is 0.410 e. The van der Waals surface area contributed by atoms with E-state index in [1.807, 2.05) is 0 Å². The number of carbonyl (C=O) groups is 3. The van der Waals surface area contributed by atoms with Crippen molar-refractivity contribution in [1.82, 2.24) is 10.2 Å². The average Bonchev–Trinajstić information content (AvgIpc) is 2.85. The molecule has 0 radical (unpaired) electrons. The number of hydrogen-bond acceptors (Lipinski definition) is 5. The first-order valence-electron chi connectivity index (χ1n) is 8.41. The monoisotopic (exact) mass is 376 g/mol. The van der Waals surface area contributed by atoms with Crippen LogP contribution in [0.3, 0.4) is 0 Å². The Morgan fingerprint density at radius 2 is 1.88 bits per heavy atom. The topological polar surface area (TPSA) is 84.9 Å². The number of nitrogens with one attached hydrogen (secondary N) is 1. The number of ether oxygens (including phenoxy) is 2. The molecule has 1 aliphatic rings. The first kappa shape index (κ1) is 21.6. The number of aldehydes is 1. The fourth-order valence-electron chi connectivity index (χ4n) is 2.39. The number of likely N-dealkylation sites (tertiary alicyclic amines) is 1. The quantitative estimate of drug-likeness (QED) is 0.718. The van der Waals surface area contributed by atoms with Crippen LogP contribution in [0.2, 0.25) is 0 Å². The minimum Gasteiger partial charge on any atom is -0.449 e. The third-order valence-electron chi connectivity index (χ3n) is 3.76. The molecule has 8 heteroatoms. The fourth-order valence-corrected chi connectivity index (χ4v) is 2.98. The summed E-state index contributed by atoms with van der Waals surface area (Å²) < 4.78 is 10.5. The van der Waals surface area contributed by atoms with E-state index in [0.29, 0.717) is 26.2 Å². The SMILES string of the molecule is CC(C)(C)OC(=O)N1CC(C=O)C(CNC(=O)OCCS(C)(C)C)C1. The summed E-state index contributed by atoms with van der Waals surface area (Å²) in [6, 6.07) is 0. The van der Waals surface area contributed by atoms with Gasteiger partial charge in [0.25, 0.3) is 0 Å². The lowest BCUT2D eigenvalue weighted by molar-refractivity contribution is -0.111. The lowest BCUT2D eigenvalue weighted by atomic mass is 9.98. The highest BCUT2D eigenvalue weighted by molar-refractivity contribution is 8.32. The van der Waals surface area contributed by atoms with Crippen molar-refractivity contribution in [3.05, 3.63) is 0 Å². The van der Waals surface area contributed by atoms with Crippen LogP contribution in [-0.4, -0.2) is 79.7 Å². The van der Waals surface area contributed by atoms with Crippen molar-refractivity contribution in [2.24, 2.45) is 11.8 Å². The molecule has 0 aromatic carbocycles. The first-order chi connectivity index (χ1) is 11.4. The summed E-state index contributed by atoms with van der Waals surface area (Å²) in [6.07, 6.45) is 6.40. The van der Waals surface area contributed by atoms with Gasteiger partial charge in [0.1, 0.15) is 18.5 Å². The molecular weight excluding hydrogens is 344 g/mol. The predicted molar refractivity (Wildman–Crippen MR) is 100 cm³/mol. The third kappa shape index (κ3) is 8.47. The minimum atomic E-state index is -0.704. The summed E-state index contributed by atoms with van der Waals surface area (Å²) >= 11 is 0. The lowest BCUT2D eigenvalue weighted by Crippen LogP contribution is -2.37. The van der Waals surface area contributed by atoms with Gasteiger partial charge in [0.05, 0.1) is 0 Å². The van der Waals surface area contributed by atoms with Crippen LogP contribution in [0.1, 0.15) is 20.8 Å². The molecule has 1 saturated heterocycles. The Morgan fingerprint density at radius 3 is 2.40 bits per heavy atom. The molecule has 0 aromatic heterocycles. The summed E-state index contributed by atoms with van der Waals surface area (Å²) in [6.45, 7) is 6.77. The van der Waals surface area contributed by atoms with E-state index in [1.54, 1.807) is 20.8 Å². The fraction of sp³-hybridized carbons (Fsp3) is 0.824. The highest BCUT2D eigenvalue weighted by atomic mass is 32.3. The molecule has 0 aromatic rings. The summed E-state index contributed by atoms with van der Waals surface area (Å²) in [4.78, 5) is 36.7. The first-order valence-corrected chi connectivity index (χ1v) is 11.4. The van der Waals surface area contributed by atoms with Crippen LogP contribution in [0.5, 0.6) is 0 Å². The van der Waals surface area contributed by atoms with Crippen molar-refractivity contribution in [1.29, 1.82) is 0 Å². The number of hydrogen-bond donors (Lipinski definition) is 1. The second kappa shape index (κ2) is 8.78. The van der Waals surface area contributed by atoms with Crippen molar-refractivity contribution >= 4 is 28.5 Å². The second-order valence-electron chi connectivity index (χ2n) is 8.26. The Labute approximate surface area is 152 Å². The number of carbonyl (C=O) groups excluding carboxylic acids is 3. The zero-order valence-corrected chi connectivity index (χ0v) is 17.0. The van der Waals surface area contributed by atoms with Gasteiger partial charge in [-0.25, -0.2) is 19.6 Å². The van der Waals surface area contributed by atoms with Gasteiger partial charge in [-0.05, 0) is 39.5 Å². The molecule has 2 atom stereocenters. The van der Waals surface area contributed by atoms with Gasteiger partial charge in [0.15, 0.2) is 0 Å². The highest BCUT2D eigenvalue weighted by Gasteiger charge is 2.37. The number of nitrogens with zero attached hydrogens (tertiary/aromatic N) is 1. The van der Waals surface area contributed by atoms with Crippen molar-refractivity contribution in [2.75, 3.05) is 50.8 Å². The van der Waals surface area contributed by atoms with Gasteiger partial charge < -0.3 is 24.5 Å². The summed E-state index contributed by atoms with van der Waals surface area (Å²) in [5, 5.41) is 2.69. The molecule has 146 valence electrons. The molecular formula is C17H32N2O5S. The standard InChI is InChI=1S/C17H32N2O5S/c1-17(2,3)24-16(22)19-10-13(14(11-19)12-20)9-18-15(21)23-7-8-25(4,5)6/h12-14H,7-11H2,1-6H3,(H,18,21). The smallest absolute Gasteiger partial charge is 0.410 e. The molecule has 1 heterocycles. The summed E-state index contributed by atoms with van der Waals surface area (Å²) in [7, 11) is -0.704. The molecule has 2 amide bonds.